The molecule has 1 aliphatic rings. The fraction of sp³-hybridized carbons (Fsp3) is 0.435. The molecule has 1 amide bonds. The molecule has 27 heavy (non-hydrogen) atoms. The van der Waals surface area contributed by atoms with Crippen LogP contribution in [0, 0.1) is 5.92 Å². The van der Waals surface area contributed by atoms with Gasteiger partial charge in [0.1, 0.15) is 0 Å². The SMILES string of the molecule is CCC(=O)N(c1ccc(Cl)cc1)C(C1CCNCC1)C(C)c1ccccc1. The third-order valence-electron chi connectivity index (χ3n) is 5.68. The first kappa shape index (κ1) is 19.9. The third-order valence-corrected chi connectivity index (χ3v) is 5.93. The first-order valence-corrected chi connectivity index (χ1v) is 10.3. The first-order chi connectivity index (χ1) is 13.1. The van der Waals surface area contributed by atoms with Crippen molar-refractivity contribution in [1.82, 2.24) is 5.32 Å². The maximum atomic E-state index is 13.1. The molecule has 1 fully saturated rings. The number of hydrogen-bond donors (Lipinski definition) is 1. The first-order valence-electron chi connectivity index (χ1n) is 9.95. The third kappa shape index (κ3) is 4.72. The molecule has 1 saturated heterocycles. The zero-order chi connectivity index (χ0) is 19.2. The van der Waals surface area contributed by atoms with E-state index in [2.05, 4.69) is 36.5 Å². The van der Waals surface area contributed by atoms with Crippen molar-refractivity contribution in [3.8, 4) is 0 Å². The van der Waals surface area contributed by atoms with E-state index >= 15 is 0 Å². The molecule has 2 aromatic carbocycles. The van der Waals surface area contributed by atoms with Gasteiger partial charge in [0.15, 0.2) is 0 Å². The van der Waals surface area contributed by atoms with Gasteiger partial charge < -0.3 is 10.2 Å². The summed E-state index contributed by atoms with van der Waals surface area (Å²) in [5.74, 6) is 0.886. The van der Waals surface area contributed by atoms with Gasteiger partial charge in [0.25, 0.3) is 0 Å². The highest BCUT2D eigenvalue weighted by molar-refractivity contribution is 6.30. The molecule has 0 spiro atoms. The predicted octanol–water partition coefficient (Wildman–Crippen LogP) is 5.25. The Morgan fingerprint density at radius 2 is 1.74 bits per heavy atom. The van der Waals surface area contributed by atoms with Gasteiger partial charge in [-0.25, -0.2) is 0 Å². The van der Waals surface area contributed by atoms with Gasteiger partial charge in [0.2, 0.25) is 5.91 Å². The van der Waals surface area contributed by atoms with Crippen LogP contribution in [0.3, 0.4) is 0 Å². The van der Waals surface area contributed by atoms with Crippen molar-refractivity contribution in [1.29, 1.82) is 0 Å². The summed E-state index contributed by atoms with van der Waals surface area (Å²) in [6.07, 6.45) is 2.66. The van der Waals surface area contributed by atoms with Gasteiger partial charge in [-0.1, -0.05) is 55.8 Å². The van der Waals surface area contributed by atoms with Crippen LogP contribution in [0.4, 0.5) is 5.69 Å². The zero-order valence-corrected chi connectivity index (χ0v) is 17.0. The number of anilines is 1. The number of hydrogen-bond acceptors (Lipinski definition) is 2. The van der Waals surface area contributed by atoms with Gasteiger partial charge in [0.05, 0.1) is 0 Å². The van der Waals surface area contributed by atoms with E-state index in [-0.39, 0.29) is 17.9 Å². The summed E-state index contributed by atoms with van der Waals surface area (Å²) in [5.41, 5.74) is 2.22. The Bertz CT molecular complexity index is 726. The Morgan fingerprint density at radius 3 is 2.33 bits per heavy atom. The lowest BCUT2D eigenvalue weighted by Crippen LogP contribution is -2.50. The minimum atomic E-state index is 0.128. The van der Waals surface area contributed by atoms with E-state index in [0.29, 0.717) is 17.4 Å². The molecule has 2 aromatic rings. The Hall–Kier alpha value is -1.84. The van der Waals surface area contributed by atoms with E-state index in [9.17, 15) is 4.79 Å². The number of piperidine rings is 1. The maximum Gasteiger partial charge on any atom is 0.226 e. The van der Waals surface area contributed by atoms with Crippen molar-refractivity contribution in [2.24, 2.45) is 5.92 Å². The Morgan fingerprint density at radius 1 is 1.11 bits per heavy atom. The second-order valence-electron chi connectivity index (χ2n) is 7.37. The van der Waals surface area contributed by atoms with E-state index in [0.717, 1.165) is 31.6 Å². The number of nitrogens with zero attached hydrogens (tertiary/aromatic N) is 1. The highest BCUT2D eigenvalue weighted by atomic mass is 35.5. The monoisotopic (exact) mass is 384 g/mol. The largest absolute Gasteiger partial charge is 0.317 e. The standard InChI is InChI=1S/C23H29ClN2O/c1-3-22(27)26(21-11-9-20(24)10-12-21)23(19-13-15-25-16-14-19)17(2)18-7-5-4-6-8-18/h4-12,17,19,23,25H,3,13-16H2,1-2H3. The molecule has 2 atom stereocenters. The number of rotatable bonds is 6. The number of halogens is 1. The Labute approximate surface area is 167 Å². The lowest BCUT2D eigenvalue weighted by atomic mass is 9.79. The van der Waals surface area contributed by atoms with Crippen molar-refractivity contribution < 1.29 is 4.79 Å². The topological polar surface area (TPSA) is 32.3 Å². The number of carbonyl (C=O) groups is 1. The van der Waals surface area contributed by atoms with E-state index < -0.39 is 0 Å². The lowest BCUT2D eigenvalue weighted by Gasteiger charge is -2.42. The fourth-order valence-electron chi connectivity index (χ4n) is 4.24. The van der Waals surface area contributed by atoms with Crippen LogP contribution in [0.2, 0.25) is 5.02 Å². The van der Waals surface area contributed by atoms with Crippen molar-refractivity contribution >= 4 is 23.2 Å². The molecular formula is C23H29ClN2O. The van der Waals surface area contributed by atoms with Crippen LogP contribution < -0.4 is 10.2 Å². The summed E-state index contributed by atoms with van der Waals surface area (Å²) in [6, 6.07) is 18.4. The number of carbonyl (C=O) groups excluding carboxylic acids is 1. The van der Waals surface area contributed by atoms with Crippen molar-refractivity contribution in [3.05, 3.63) is 65.2 Å². The molecule has 1 aliphatic heterocycles. The predicted molar refractivity (Wildman–Crippen MR) is 113 cm³/mol. The molecule has 0 saturated carbocycles. The van der Waals surface area contributed by atoms with Crippen LogP contribution in [0.15, 0.2) is 54.6 Å². The van der Waals surface area contributed by atoms with E-state index in [1.807, 2.05) is 42.2 Å². The normalized spacial score (nSPS) is 17.3. The quantitative estimate of drug-likeness (QED) is 0.737. The summed E-state index contributed by atoms with van der Waals surface area (Å²) in [4.78, 5) is 15.1. The molecular weight excluding hydrogens is 356 g/mol. The number of benzene rings is 2. The van der Waals surface area contributed by atoms with Crippen molar-refractivity contribution in [2.75, 3.05) is 18.0 Å². The highest BCUT2D eigenvalue weighted by Gasteiger charge is 2.36. The number of amides is 1. The molecule has 2 unspecified atom stereocenters. The van der Waals surface area contributed by atoms with Gasteiger partial charge in [-0.15, -0.1) is 0 Å². The molecule has 0 aliphatic carbocycles. The van der Waals surface area contributed by atoms with Crippen LogP contribution >= 0.6 is 11.6 Å². The van der Waals surface area contributed by atoms with Gasteiger partial charge in [-0.2, -0.15) is 0 Å². The summed E-state index contributed by atoms with van der Waals surface area (Å²) < 4.78 is 0. The van der Waals surface area contributed by atoms with Gasteiger partial charge in [0, 0.05) is 29.1 Å². The molecule has 3 rings (SSSR count). The Balaban J connectivity index is 2.03. The molecule has 0 bridgehead atoms. The van der Waals surface area contributed by atoms with Gasteiger partial charge in [-0.3, -0.25) is 4.79 Å². The molecule has 3 nitrogen and oxygen atoms in total. The lowest BCUT2D eigenvalue weighted by molar-refractivity contribution is -0.119. The van der Waals surface area contributed by atoms with Crippen molar-refractivity contribution in [2.45, 2.75) is 45.1 Å². The summed E-state index contributed by atoms with van der Waals surface area (Å²) in [5, 5.41) is 4.15. The molecule has 0 radical (unpaired) electrons. The highest BCUT2D eigenvalue weighted by Crippen LogP contribution is 2.36. The molecule has 0 aromatic heterocycles. The molecule has 4 heteroatoms. The average molecular weight is 385 g/mol. The second-order valence-corrected chi connectivity index (χ2v) is 7.81. The summed E-state index contributed by atoms with van der Waals surface area (Å²) in [7, 11) is 0. The van der Waals surface area contributed by atoms with Crippen LogP contribution in [-0.4, -0.2) is 25.0 Å². The van der Waals surface area contributed by atoms with Gasteiger partial charge in [-0.05, 0) is 61.7 Å². The van der Waals surface area contributed by atoms with E-state index in [4.69, 9.17) is 11.6 Å². The van der Waals surface area contributed by atoms with E-state index in [1.165, 1.54) is 5.56 Å². The Kier molecular flexibility index (Phi) is 6.92. The van der Waals surface area contributed by atoms with Crippen molar-refractivity contribution in [3.63, 3.8) is 0 Å². The van der Waals surface area contributed by atoms with Crippen LogP contribution in [0.25, 0.3) is 0 Å². The minimum Gasteiger partial charge on any atom is -0.317 e. The van der Waals surface area contributed by atoms with Crippen LogP contribution in [0.5, 0.6) is 0 Å². The van der Waals surface area contributed by atoms with Crippen LogP contribution in [0.1, 0.15) is 44.6 Å². The second kappa shape index (κ2) is 9.38. The molecule has 1 heterocycles. The maximum absolute atomic E-state index is 13.1. The van der Waals surface area contributed by atoms with Gasteiger partial charge >= 0.3 is 0 Å². The summed E-state index contributed by atoms with van der Waals surface area (Å²) >= 11 is 6.10. The molecule has 1 N–H and O–H groups in total. The number of nitrogens with one attached hydrogen (secondary N) is 1. The zero-order valence-electron chi connectivity index (χ0n) is 16.2. The fourth-order valence-corrected chi connectivity index (χ4v) is 4.36. The van der Waals surface area contributed by atoms with E-state index in [1.54, 1.807) is 0 Å². The molecule has 144 valence electrons. The minimum absolute atomic E-state index is 0.128. The van der Waals surface area contributed by atoms with Crippen LogP contribution in [-0.2, 0) is 4.79 Å². The average Bonchev–Trinajstić information content (AvgIpc) is 2.73. The summed E-state index contributed by atoms with van der Waals surface area (Å²) in [6.45, 7) is 6.22. The smallest absolute Gasteiger partial charge is 0.226 e.